The fourth-order valence-corrected chi connectivity index (χ4v) is 0.740. The van der Waals surface area contributed by atoms with Gasteiger partial charge in [0.25, 0.3) is 0 Å². The van der Waals surface area contributed by atoms with Crippen LogP contribution in [0.4, 0.5) is 0 Å². The van der Waals surface area contributed by atoms with Gasteiger partial charge in [0.05, 0.1) is 11.9 Å². The SMILES string of the molecule is CCCCC(C(=O)[O-])C(=O)[O-].[Rb+].[Rb+]. The zero-order chi connectivity index (χ0) is 8.85. The molecular weight excluding hydrogens is 319 g/mol. The van der Waals surface area contributed by atoms with E-state index in [2.05, 4.69) is 0 Å². The topological polar surface area (TPSA) is 80.3 Å². The molecule has 0 bridgehead atoms. The summed E-state index contributed by atoms with van der Waals surface area (Å²) in [5.41, 5.74) is 0. The molecule has 0 amide bonds. The number of carboxylic acid groups (broad SMARTS) is 2. The molecule has 0 saturated heterocycles. The average molecular weight is 329 g/mol. The molecule has 0 aromatic heterocycles. The summed E-state index contributed by atoms with van der Waals surface area (Å²) in [4.78, 5) is 20.2. The van der Waals surface area contributed by atoms with Crippen LogP contribution in [-0.4, -0.2) is 11.9 Å². The molecule has 0 aliphatic carbocycles. The van der Waals surface area contributed by atoms with Crippen LogP contribution in [0.15, 0.2) is 0 Å². The molecule has 0 aromatic rings. The van der Waals surface area contributed by atoms with Crippen molar-refractivity contribution < 1.29 is 136 Å². The maximum absolute atomic E-state index is 10.1. The van der Waals surface area contributed by atoms with Gasteiger partial charge in [-0.2, -0.15) is 0 Å². The van der Waals surface area contributed by atoms with Crippen molar-refractivity contribution in [2.24, 2.45) is 5.92 Å². The molecule has 0 aliphatic heterocycles. The van der Waals surface area contributed by atoms with Crippen LogP contribution >= 0.6 is 0 Å². The van der Waals surface area contributed by atoms with Crippen molar-refractivity contribution in [1.82, 2.24) is 0 Å². The minimum absolute atomic E-state index is 0. The van der Waals surface area contributed by atoms with Gasteiger partial charge in [-0.25, -0.2) is 0 Å². The third-order valence-corrected chi connectivity index (χ3v) is 1.42. The number of rotatable bonds is 5. The predicted molar refractivity (Wildman–Crippen MR) is 33.0 cm³/mol. The molecule has 4 nitrogen and oxygen atoms in total. The third-order valence-electron chi connectivity index (χ3n) is 1.42. The number of carbonyl (C=O) groups is 2. The largest absolute Gasteiger partial charge is 1.00 e. The first-order valence-corrected chi connectivity index (χ1v) is 3.51. The summed E-state index contributed by atoms with van der Waals surface area (Å²) in [6.45, 7) is 1.85. The van der Waals surface area contributed by atoms with Crippen molar-refractivity contribution in [3.63, 3.8) is 0 Å². The zero-order valence-corrected chi connectivity index (χ0v) is 18.2. The van der Waals surface area contributed by atoms with Gasteiger partial charge in [0, 0.05) is 5.92 Å². The Morgan fingerprint density at radius 1 is 1.15 bits per heavy atom. The summed E-state index contributed by atoms with van der Waals surface area (Å²) in [6.07, 6.45) is 1.42. The van der Waals surface area contributed by atoms with Crippen LogP contribution < -0.4 is 127 Å². The monoisotopic (exact) mass is 328 g/mol. The van der Waals surface area contributed by atoms with Crippen LogP contribution in [0.5, 0.6) is 0 Å². The van der Waals surface area contributed by atoms with Crippen LogP contribution in [0, 0.1) is 5.92 Å². The van der Waals surface area contributed by atoms with Crippen LogP contribution in [0.3, 0.4) is 0 Å². The molecule has 0 saturated carbocycles. The van der Waals surface area contributed by atoms with Gasteiger partial charge in [0.1, 0.15) is 0 Å². The maximum Gasteiger partial charge on any atom is 1.00 e. The van der Waals surface area contributed by atoms with Gasteiger partial charge in [-0.15, -0.1) is 0 Å². The second-order valence-electron chi connectivity index (χ2n) is 2.33. The summed E-state index contributed by atoms with van der Waals surface area (Å²) in [5.74, 6) is -4.56. The summed E-state index contributed by atoms with van der Waals surface area (Å²) in [7, 11) is 0. The molecule has 0 N–H and O–H groups in total. The van der Waals surface area contributed by atoms with E-state index in [1.165, 1.54) is 0 Å². The van der Waals surface area contributed by atoms with Crippen molar-refractivity contribution in [2.75, 3.05) is 0 Å². The van der Waals surface area contributed by atoms with Gasteiger partial charge in [-0.3, -0.25) is 0 Å². The summed E-state index contributed by atoms with van der Waals surface area (Å²) in [6, 6.07) is 0. The zero-order valence-electron chi connectivity index (χ0n) is 8.33. The molecule has 0 radical (unpaired) electrons. The number of hydrogen-bond donors (Lipinski definition) is 0. The molecule has 13 heavy (non-hydrogen) atoms. The maximum atomic E-state index is 10.1. The van der Waals surface area contributed by atoms with Gasteiger partial charge in [0.15, 0.2) is 0 Å². The molecule has 0 aliphatic rings. The van der Waals surface area contributed by atoms with Gasteiger partial charge in [-0.05, 0) is 6.42 Å². The van der Waals surface area contributed by atoms with Gasteiger partial charge in [0.2, 0.25) is 0 Å². The quantitative estimate of drug-likeness (QED) is 0.470. The molecule has 0 aromatic carbocycles. The summed E-state index contributed by atoms with van der Waals surface area (Å²) in [5, 5.41) is 20.2. The van der Waals surface area contributed by atoms with E-state index in [0.29, 0.717) is 6.42 Å². The molecule has 6 heteroatoms. The minimum atomic E-state index is -1.56. The van der Waals surface area contributed by atoms with E-state index >= 15 is 0 Å². The first-order chi connectivity index (χ1) is 5.09. The number of aliphatic carboxylic acids is 2. The molecular formula is C7H10O4Rb2. The minimum Gasteiger partial charge on any atom is -0.549 e. The smallest absolute Gasteiger partial charge is 0.549 e. The normalized spacial score (nSPS) is 8.46. The second-order valence-corrected chi connectivity index (χ2v) is 2.33. The van der Waals surface area contributed by atoms with Gasteiger partial charge >= 0.3 is 116 Å². The van der Waals surface area contributed by atoms with E-state index in [9.17, 15) is 19.8 Å². The molecule has 64 valence electrons. The Labute approximate surface area is 175 Å². The van der Waals surface area contributed by atoms with Crippen LogP contribution in [0.1, 0.15) is 26.2 Å². The predicted octanol–water partition coefficient (Wildman–Crippen LogP) is -7.70. The van der Waals surface area contributed by atoms with Crippen molar-refractivity contribution in [3.8, 4) is 0 Å². The number of unbranched alkanes of at least 4 members (excludes halogenated alkanes) is 1. The second kappa shape index (κ2) is 12.6. The molecule has 0 fully saturated rings. The Kier molecular flexibility index (Phi) is 20.3. The Balaban J connectivity index is -0.000000500. The summed E-state index contributed by atoms with van der Waals surface area (Å²) >= 11 is 0. The molecule has 0 atom stereocenters. The van der Waals surface area contributed by atoms with E-state index < -0.39 is 17.9 Å². The Bertz CT molecular complexity index is 147. The molecule has 0 rings (SSSR count). The fraction of sp³-hybridized carbons (Fsp3) is 0.714. The number of hydrogen-bond acceptors (Lipinski definition) is 4. The molecule has 0 unspecified atom stereocenters. The van der Waals surface area contributed by atoms with Crippen LogP contribution in [-0.2, 0) is 9.59 Å². The van der Waals surface area contributed by atoms with Crippen molar-refractivity contribution in [1.29, 1.82) is 0 Å². The van der Waals surface area contributed by atoms with Crippen molar-refractivity contribution in [3.05, 3.63) is 0 Å². The number of carboxylic acids is 2. The Morgan fingerprint density at radius 3 is 1.77 bits per heavy atom. The van der Waals surface area contributed by atoms with Crippen molar-refractivity contribution in [2.45, 2.75) is 26.2 Å². The van der Waals surface area contributed by atoms with Crippen LogP contribution in [0.2, 0.25) is 0 Å². The molecule has 0 spiro atoms. The third kappa shape index (κ3) is 10.8. The van der Waals surface area contributed by atoms with E-state index in [0.717, 1.165) is 6.42 Å². The number of carbonyl (C=O) groups excluding carboxylic acids is 2. The summed E-state index contributed by atoms with van der Waals surface area (Å²) < 4.78 is 0. The van der Waals surface area contributed by atoms with E-state index in [4.69, 9.17) is 0 Å². The average Bonchev–Trinajstić information content (AvgIpc) is 1.87. The van der Waals surface area contributed by atoms with Gasteiger partial charge < -0.3 is 19.8 Å². The Morgan fingerprint density at radius 2 is 1.54 bits per heavy atom. The van der Waals surface area contributed by atoms with Crippen molar-refractivity contribution >= 4 is 11.9 Å². The fourth-order valence-electron chi connectivity index (χ4n) is 0.740. The van der Waals surface area contributed by atoms with E-state index in [1.54, 1.807) is 0 Å². The standard InChI is InChI=1S/C7H12O4.2Rb/c1-2-3-4-5(6(8)9)7(10)11;;/h5H,2-4H2,1H3,(H,8,9)(H,10,11);;/q;2*+1/p-2. The van der Waals surface area contributed by atoms with Gasteiger partial charge in [-0.1, -0.05) is 19.8 Å². The molecule has 0 heterocycles. The first kappa shape index (κ1) is 20.9. The van der Waals surface area contributed by atoms with E-state index in [1.807, 2.05) is 6.92 Å². The van der Waals surface area contributed by atoms with Crippen LogP contribution in [0.25, 0.3) is 0 Å². The van der Waals surface area contributed by atoms with E-state index in [-0.39, 0.29) is 123 Å². The first-order valence-electron chi connectivity index (χ1n) is 3.51. The Hall–Kier alpha value is 2.55.